The Bertz CT molecular complexity index is 773. The van der Waals surface area contributed by atoms with E-state index in [0.717, 1.165) is 18.8 Å². The molecule has 0 aliphatic carbocycles. The van der Waals surface area contributed by atoms with Gasteiger partial charge in [-0.25, -0.2) is 4.39 Å². The summed E-state index contributed by atoms with van der Waals surface area (Å²) < 4.78 is 13.9. The molecule has 144 valence electrons. The normalized spacial score (nSPS) is 10.4. The average molecular weight is 371 g/mol. The van der Waals surface area contributed by atoms with Crippen LogP contribution in [0.1, 0.15) is 27.2 Å². The van der Waals surface area contributed by atoms with Gasteiger partial charge in [0.15, 0.2) is 0 Å². The first kappa shape index (κ1) is 20.4. The molecule has 0 fully saturated rings. The summed E-state index contributed by atoms with van der Waals surface area (Å²) in [7, 11) is 0. The van der Waals surface area contributed by atoms with Gasteiger partial charge >= 0.3 is 0 Å². The van der Waals surface area contributed by atoms with Crippen LogP contribution in [0.2, 0.25) is 0 Å². The molecule has 6 heteroatoms. The van der Waals surface area contributed by atoms with Crippen molar-refractivity contribution < 1.29 is 14.0 Å². The highest BCUT2D eigenvalue weighted by Gasteiger charge is 2.16. The zero-order valence-corrected chi connectivity index (χ0v) is 16.0. The van der Waals surface area contributed by atoms with E-state index in [1.165, 1.54) is 24.0 Å². The number of rotatable bonds is 8. The van der Waals surface area contributed by atoms with Crippen LogP contribution in [0, 0.1) is 5.82 Å². The minimum Gasteiger partial charge on any atom is -0.372 e. The smallest absolute Gasteiger partial charge is 0.226 e. The minimum atomic E-state index is -0.486. The number of hydrogen-bond acceptors (Lipinski definition) is 3. The molecule has 0 aliphatic rings. The van der Waals surface area contributed by atoms with Gasteiger partial charge < -0.3 is 15.1 Å². The highest BCUT2D eigenvalue weighted by molar-refractivity contribution is 5.95. The van der Waals surface area contributed by atoms with Crippen molar-refractivity contribution in [2.24, 2.45) is 0 Å². The van der Waals surface area contributed by atoms with Crippen molar-refractivity contribution in [3.05, 3.63) is 54.3 Å². The first-order valence-electron chi connectivity index (χ1n) is 9.13. The molecule has 0 spiro atoms. The lowest BCUT2D eigenvalue weighted by Gasteiger charge is -2.22. The number of hydrogen-bond donors (Lipinski definition) is 1. The maximum absolute atomic E-state index is 13.9. The summed E-state index contributed by atoms with van der Waals surface area (Å²) in [5, 5.41) is 2.82. The summed E-state index contributed by atoms with van der Waals surface area (Å²) in [6, 6.07) is 13.7. The van der Waals surface area contributed by atoms with Crippen molar-refractivity contribution in [1.29, 1.82) is 0 Å². The molecule has 0 aliphatic heterocycles. The van der Waals surface area contributed by atoms with E-state index in [-0.39, 0.29) is 30.5 Å². The van der Waals surface area contributed by atoms with E-state index >= 15 is 0 Å². The number of nitrogens with one attached hydrogen (secondary N) is 1. The molecule has 0 atom stereocenters. The Hall–Kier alpha value is -2.89. The summed E-state index contributed by atoms with van der Waals surface area (Å²) in [5.41, 5.74) is 1.97. The molecule has 27 heavy (non-hydrogen) atoms. The number of halogens is 1. The van der Waals surface area contributed by atoms with Gasteiger partial charge in [0.05, 0.1) is 5.69 Å². The van der Waals surface area contributed by atoms with Gasteiger partial charge in [0.1, 0.15) is 5.82 Å². The lowest BCUT2D eigenvalue weighted by molar-refractivity contribution is -0.117. The summed E-state index contributed by atoms with van der Waals surface area (Å²) in [5.74, 6) is -1.02. The third kappa shape index (κ3) is 5.54. The maximum Gasteiger partial charge on any atom is 0.226 e. The summed E-state index contributed by atoms with van der Waals surface area (Å²) >= 11 is 0. The highest BCUT2D eigenvalue weighted by Crippen LogP contribution is 2.20. The number of anilines is 3. The van der Waals surface area contributed by atoms with Crippen LogP contribution in [0.3, 0.4) is 0 Å². The molecule has 0 saturated carbocycles. The molecule has 5 nitrogen and oxygen atoms in total. The van der Waals surface area contributed by atoms with Gasteiger partial charge in [-0.3, -0.25) is 9.59 Å². The van der Waals surface area contributed by atoms with Crippen molar-refractivity contribution >= 4 is 28.9 Å². The van der Waals surface area contributed by atoms with Crippen LogP contribution in [-0.4, -0.2) is 31.4 Å². The second kappa shape index (κ2) is 9.71. The monoisotopic (exact) mass is 371 g/mol. The fourth-order valence-electron chi connectivity index (χ4n) is 2.90. The third-order valence-electron chi connectivity index (χ3n) is 4.37. The second-order valence-corrected chi connectivity index (χ2v) is 6.14. The van der Waals surface area contributed by atoms with E-state index in [9.17, 15) is 14.0 Å². The predicted molar refractivity (Wildman–Crippen MR) is 108 cm³/mol. The lowest BCUT2D eigenvalue weighted by Crippen LogP contribution is -2.32. The van der Waals surface area contributed by atoms with Crippen LogP contribution in [-0.2, 0) is 9.59 Å². The Kier molecular flexibility index (Phi) is 7.34. The zero-order chi connectivity index (χ0) is 19.8. The molecule has 0 radical (unpaired) electrons. The van der Waals surface area contributed by atoms with Crippen molar-refractivity contribution in [3.63, 3.8) is 0 Å². The Balaban J connectivity index is 1.96. The number of carbonyl (C=O) groups excluding carboxylic acids is 2. The van der Waals surface area contributed by atoms with Crippen LogP contribution in [0.5, 0.6) is 0 Å². The molecule has 0 aromatic heterocycles. The van der Waals surface area contributed by atoms with Gasteiger partial charge in [-0.1, -0.05) is 12.1 Å². The minimum absolute atomic E-state index is 0.0751. The maximum atomic E-state index is 13.9. The Morgan fingerprint density at radius 1 is 1.00 bits per heavy atom. The molecule has 1 N–H and O–H groups in total. The van der Waals surface area contributed by atoms with E-state index in [0.29, 0.717) is 5.69 Å². The summed E-state index contributed by atoms with van der Waals surface area (Å²) in [6.45, 7) is 7.49. The van der Waals surface area contributed by atoms with Gasteiger partial charge in [-0.15, -0.1) is 0 Å². The Morgan fingerprint density at radius 3 is 2.19 bits per heavy atom. The molecule has 0 heterocycles. The number of para-hydroxylation sites is 1. The fourth-order valence-corrected chi connectivity index (χ4v) is 2.90. The topological polar surface area (TPSA) is 52.7 Å². The fraction of sp³-hybridized carbons (Fsp3) is 0.333. The van der Waals surface area contributed by atoms with Crippen LogP contribution >= 0.6 is 0 Å². The van der Waals surface area contributed by atoms with Gasteiger partial charge in [0, 0.05) is 44.4 Å². The van der Waals surface area contributed by atoms with E-state index < -0.39 is 5.82 Å². The Labute approximate surface area is 159 Å². The van der Waals surface area contributed by atoms with Crippen molar-refractivity contribution in [1.82, 2.24) is 0 Å². The second-order valence-electron chi connectivity index (χ2n) is 6.14. The van der Waals surface area contributed by atoms with Crippen LogP contribution < -0.4 is 15.1 Å². The summed E-state index contributed by atoms with van der Waals surface area (Å²) in [4.78, 5) is 27.6. The third-order valence-corrected chi connectivity index (χ3v) is 4.37. The molecule has 2 aromatic carbocycles. The summed E-state index contributed by atoms with van der Waals surface area (Å²) in [6.07, 6.45) is 0.0751. The molecule has 0 bridgehead atoms. The molecule has 0 saturated heterocycles. The molecular formula is C21H26FN3O2. The molecule has 2 amide bonds. The van der Waals surface area contributed by atoms with E-state index in [1.807, 2.05) is 24.3 Å². The van der Waals surface area contributed by atoms with Gasteiger partial charge in [0.2, 0.25) is 11.8 Å². The van der Waals surface area contributed by atoms with Crippen molar-refractivity contribution in [3.8, 4) is 0 Å². The highest BCUT2D eigenvalue weighted by atomic mass is 19.1. The lowest BCUT2D eigenvalue weighted by atomic mass is 10.2. The molecular weight excluding hydrogens is 345 g/mol. The molecule has 2 aromatic rings. The quantitative estimate of drug-likeness (QED) is 0.761. The number of nitrogens with zero attached hydrogens (tertiary/aromatic N) is 2. The van der Waals surface area contributed by atoms with Crippen molar-refractivity contribution in [2.75, 3.05) is 34.8 Å². The average Bonchev–Trinajstić information content (AvgIpc) is 2.65. The molecule has 2 rings (SSSR count). The zero-order valence-electron chi connectivity index (χ0n) is 16.0. The first-order chi connectivity index (χ1) is 13.0. The first-order valence-corrected chi connectivity index (χ1v) is 9.13. The SMILES string of the molecule is CCN(CC)c1ccc(NC(=O)CCN(C(C)=O)c2ccccc2F)cc1. The predicted octanol–water partition coefficient (Wildman–Crippen LogP) is 4.05. The van der Waals surface area contributed by atoms with Crippen LogP contribution in [0.4, 0.5) is 21.5 Å². The number of benzene rings is 2. The van der Waals surface area contributed by atoms with Gasteiger partial charge in [-0.2, -0.15) is 0 Å². The van der Waals surface area contributed by atoms with Gasteiger partial charge in [0.25, 0.3) is 0 Å². The van der Waals surface area contributed by atoms with E-state index in [1.54, 1.807) is 12.1 Å². The Morgan fingerprint density at radius 2 is 1.63 bits per heavy atom. The standard InChI is InChI=1S/C21H26FN3O2/c1-4-24(5-2)18-12-10-17(11-13-18)23-21(27)14-15-25(16(3)26)20-9-7-6-8-19(20)22/h6-13H,4-5,14-15H2,1-3H3,(H,23,27). The van der Waals surface area contributed by atoms with E-state index in [4.69, 9.17) is 0 Å². The van der Waals surface area contributed by atoms with Crippen LogP contribution in [0.15, 0.2) is 48.5 Å². The van der Waals surface area contributed by atoms with Crippen LogP contribution in [0.25, 0.3) is 0 Å². The van der Waals surface area contributed by atoms with Crippen molar-refractivity contribution in [2.45, 2.75) is 27.2 Å². The van der Waals surface area contributed by atoms with Gasteiger partial charge in [-0.05, 0) is 50.2 Å². The largest absolute Gasteiger partial charge is 0.372 e. The number of amides is 2. The number of carbonyl (C=O) groups is 2. The van der Waals surface area contributed by atoms with E-state index in [2.05, 4.69) is 24.1 Å². The molecule has 0 unspecified atom stereocenters.